The molecule has 3 aromatic heterocycles. The fourth-order valence-corrected chi connectivity index (χ4v) is 5.86. The molecular formula is C40H34N4O. The topological polar surface area (TPSA) is 63.8 Å². The highest BCUT2D eigenvalue weighted by Crippen LogP contribution is 2.39. The number of hydrogen-bond donors (Lipinski definition) is 1. The van der Waals surface area contributed by atoms with Crippen LogP contribution >= 0.6 is 0 Å². The molecule has 5 heteroatoms. The van der Waals surface area contributed by atoms with E-state index in [-0.39, 0.29) is 11.2 Å². The van der Waals surface area contributed by atoms with Crippen molar-refractivity contribution < 1.29 is 5.11 Å². The summed E-state index contributed by atoms with van der Waals surface area (Å²) in [6.45, 7) is 6.50. The van der Waals surface area contributed by atoms with Crippen molar-refractivity contribution in [2.24, 2.45) is 7.05 Å². The number of nitrogens with zero attached hydrogens (tertiary/aromatic N) is 4. The van der Waals surface area contributed by atoms with Crippen molar-refractivity contribution in [1.82, 2.24) is 19.5 Å². The molecule has 0 bridgehead atoms. The van der Waals surface area contributed by atoms with Gasteiger partial charge in [0.15, 0.2) is 5.65 Å². The number of benzene rings is 4. The summed E-state index contributed by atoms with van der Waals surface area (Å²) >= 11 is 0. The Bertz CT molecular complexity index is 2160. The largest absolute Gasteiger partial charge is 0.507 e. The zero-order valence-electron chi connectivity index (χ0n) is 25.9. The molecule has 0 radical (unpaired) electrons. The molecule has 0 aliphatic heterocycles. The Morgan fingerprint density at radius 1 is 0.578 bits per heavy atom. The van der Waals surface area contributed by atoms with Crippen molar-refractivity contribution in [3.8, 4) is 61.8 Å². The normalized spacial score (nSPS) is 11.6. The first kappa shape index (κ1) is 28.2. The summed E-state index contributed by atoms with van der Waals surface area (Å²) in [6, 6.07) is 39.4. The Morgan fingerprint density at radius 2 is 1.22 bits per heavy atom. The molecule has 5 nitrogen and oxygen atoms in total. The number of phenolic OH excluding ortho intramolecular Hbond substituents is 1. The summed E-state index contributed by atoms with van der Waals surface area (Å²) in [6.07, 6.45) is 3.71. The maximum Gasteiger partial charge on any atom is 0.160 e. The SMILES string of the molecule is Cn1c(-c2cc(C(C)(C)C)ccc2O)nc2c(-c3cc(-c4ccccc4)cc(-c4cc(-c5ccccc5)ccn4)c3)ccnc21. The van der Waals surface area contributed by atoms with E-state index in [1.165, 1.54) is 0 Å². The van der Waals surface area contributed by atoms with Gasteiger partial charge in [-0.1, -0.05) is 87.5 Å². The molecular weight excluding hydrogens is 552 g/mol. The molecule has 0 unspecified atom stereocenters. The van der Waals surface area contributed by atoms with Crippen molar-refractivity contribution in [3.63, 3.8) is 0 Å². The Balaban J connectivity index is 1.42. The number of aromatic hydroxyl groups is 1. The lowest BCUT2D eigenvalue weighted by Gasteiger charge is -2.20. The van der Waals surface area contributed by atoms with Crippen molar-refractivity contribution in [2.75, 3.05) is 0 Å². The summed E-state index contributed by atoms with van der Waals surface area (Å²) < 4.78 is 1.97. The Kier molecular flexibility index (Phi) is 7.01. The Hall–Kier alpha value is -5.55. The third kappa shape index (κ3) is 5.38. The smallest absolute Gasteiger partial charge is 0.160 e. The average Bonchev–Trinajstić information content (AvgIpc) is 3.41. The van der Waals surface area contributed by atoms with Gasteiger partial charge in [-0.15, -0.1) is 0 Å². The van der Waals surface area contributed by atoms with Gasteiger partial charge < -0.3 is 9.67 Å². The van der Waals surface area contributed by atoms with Gasteiger partial charge in [0.1, 0.15) is 17.1 Å². The monoisotopic (exact) mass is 586 g/mol. The van der Waals surface area contributed by atoms with Crippen LogP contribution in [0.25, 0.3) is 67.2 Å². The second-order valence-electron chi connectivity index (χ2n) is 12.5. The van der Waals surface area contributed by atoms with Crippen molar-refractivity contribution in [3.05, 3.63) is 133 Å². The van der Waals surface area contributed by atoms with Gasteiger partial charge in [0.2, 0.25) is 0 Å². The molecule has 45 heavy (non-hydrogen) atoms. The minimum absolute atomic E-state index is 0.0728. The van der Waals surface area contributed by atoms with Crippen LogP contribution in [-0.4, -0.2) is 24.6 Å². The third-order valence-corrected chi connectivity index (χ3v) is 8.38. The molecule has 0 aliphatic carbocycles. The van der Waals surface area contributed by atoms with Crippen LogP contribution in [0.5, 0.6) is 5.75 Å². The number of fused-ring (bicyclic) bond motifs is 1. The van der Waals surface area contributed by atoms with Gasteiger partial charge in [0.05, 0.1) is 11.3 Å². The zero-order chi connectivity index (χ0) is 31.1. The summed E-state index contributed by atoms with van der Waals surface area (Å²) in [7, 11) is 1.95. The number of hydrogen-bond acceptors (Lipinski definition) is 4. The second-order valence-corrected chi connectivity index (χ2v) is 12.5. The minimum atomic E-state index is -0.0728. The van der Waals surface area contributed by atoms with Gasteiger partial charge in [-0.05, 0) is 87.3 Å². The fourth-order valence-electron chi connectivity index (χ4n) is 5.86. The molecule has 1 N–H and O–H groups in total. The number of pyridine rings is 2. The number of aryl methyl sites for hydroxylation is 1. The van der Waals surface area contributed by atoms with E-state index >= 15 is 0 Å². The standard InChI is InChI=1S/C40H34N4O/c1-40(2,3)32-15-16-36(45)34(25-32)38-43-37-33(18-20-42-39(37)44(38)4)30-21-29(27-13-9-6-10-14-27)22-31(23-30)35-24-28(17-19-41-35)26-11-7-5-8-12-26/h5-25,45H,1-4H3. The molecule has 0 saturated heterocycles. The van der Waals surface area contributed by atoms with Gasteiger partial charge in [-0.2, -0.15) is 0 Å². The third-order valence-electron chi connectivity index (χ3n) is 8.38. The van der Waals surface area contributed by atoms with Gasteiger partial charge in [0.25, 0.3) is 0 Å². The second kappa shape index (κ2) is 11.2. The predicted molar refractivity (Wildman–Crippen MR) is 184 cm³/mol. The van der Waals surface area contributed by atoms with E-state index in [4.69, 9.17) is 15.0 Å². The molecule has 0 aliphatic rings. The van der Waals surface area contributed by atoms with E-state index in [2.05, 4.69) is 93.6 Å². The highest BCUT2D eigenvalue weighted by atomic mass is 16.3. The van der Waals surface area contributed by atoms with E-state index in [9.17, 15) is 5.11 Å². The van der Waals surface area contributed by atoms with Gasteiger partial charge in [0, 0.05) is 30.6 Å². The molecule has 0 amide bonds. The molecule has 3 heterocycles. The maximum atomic E-state index is 10.9. The molecule has 4 aromatic carbocycles. The zero-order valence-corrected chi connectivity index (χ0v) is 25.9. The average molecular weight is 587 g/mol. The summed E-state index contributed by atoms with van der Waals surface area (Å²) in [4.78, 5) is 14.7. The van der Waals surface area contributed by atoms with Crippen LogP contribution in [0.15, 0.2) is 128 Å². The lowest BCUT2D eigenvalue weighted by Crippen LogP contribution is -2.11. The summed E-state index contributed by atoms with van der Waals surface area (Å²) in [5.74, 6) is 0.867. The van der Waals surface area contributed by atoms with Crippen LogP contribution < -0.4 is 0 Å². The van der Waals surface area contributed by atoms with Crippen LogP contribution in [0, 0.1) is 0 Å². The number of rotatable bonds is 5. The van der Waals surface area contributed by atoms with E-state index in [1.54, 1.807) is 6.07 Å². The highest BCUT2D eigenvalue weighted by molar-refractivity contribution is 5.94. The first-order valence-corrected chi connectivity index (χ1v) is 15.1. The number of phenols is 1. The summed E-state index contributed by atoms with van der Waals surface area (Å²) in [5, 5.41) is 10.9. The molecule has 0 fully saturated rings. The molecule has 7 rings (SSSR count). The molecule has 220 valence electrons. The Morgan fingerprint density at radius 3 is 1.93 bits per heavy atom. The number of imidazole rings is 1. The fraction of sp³-hybridized carbons (Fsp3) is 0.125. The van der Waals surface area contributed by atoms with Crippen LogP contribution in [0.1, 0.15) is 26.3 Å². The van der Waals surface area contributed by atoms with E-state index in [0.717, 1.165) is 61.4 Å². The highest BCUT2D eigenvalue weighted by Gasteiger charge is 2.21. The molecule has 7 aromatic rings. The first-order chi connectivity index (χ1) is 21.8. The minimum Gasteiger partial charge on any atom is -0.507 e. The van der Waals surface area contributed by atoms with Crippen molar-refractivity contribution in [1.29, 1.82) is 0 Å². The molecule has 0 saturated carbocycles. The van der Waals surface area contributed by atoms with Crippen molar-refractivity contribution in [2.45, 2.75) is 26.2 Å². The first-order valence-electron chi connectivity index (χ1n) is 15.1. The lowest BCUT2D eigenvalue weighted by molar-refractivity contribution is 0.475. The Labute approximate surface area is 263 Å². The summed E-state index contributed by atoms with van der Waals surface area (Å²) in [5.41, 5.74) is 11.6. The van der Waals surface area contributed by atoms with Gasteiger partial charge >= 0.3 is 0 Å². The van der Waals surface area contributed by atoms with E-state index in [1.807, 2.05) is 60.4 Å². The van der Waals surface area contributed by atoms with E-state index < -0.39 is 0 Å². The lowest BCUT2D eigenvalue weighted by atomic mass is 9.86. The quantitative estimate of drug-likeness (QED) is 0.218. The predicted octanol–water partition coefficient (Wildman–Crippen LogP) is 9.70. The van der Waals surface area contributed by atoms with Crippen LogP contribution in [0.4, 0.5) is 0 Å². The van der Waals surface area contributed by atoms with Crippen LogP contribution in [-0.2, 0) is 12.5 Å². The van der Waals surface area contributed by atoms with Gasteiger partial charge in [-0.25, -0.2) is 9.97 Å². The van der Waals surface area contributed by atoms with Crippen molar-refractivity contribution >= 4 is 11.2 Å². The molecule has 0 spiro atoms. The van der Waals surface area contributed by atoms with Crippen LogP contribution in [0.3, 0.4) is 0 Å². The molecule has 0 atom stereocenters. The van der Waals surface area contributed by atoms with Gasteiger partial charge in [-0.3, -0.25) is 4.98 Å². The van der Waals surface area contributed by atoms with E-state index in [0.29, 0.717) is 11.4 Å². The number of aromatic nitrogens is 4. The van der Waals surface area contributed by atoms with Crippen LogP contribution in [0.2, 0.25) is 0 Å². The maximum absolute atomic E-state index is 10.9.